The predicted octanol–water partition coefficient (Wildman–Crippen LogP) is 2.76. The fraction of sp³-hybridized carbons (Fsp3) is 0.111. The van der Waals surface area contributed by atoms with Gasteiger partial charge in [-0.25, -0.2) is 9.59 Å². The molecule has 0 saturated carbocycles. The van der Waals surface area contributed by atoms with E-state index in [-0.39, 0.29) is 5.75 Å². The molecule has 0 aliphatic carbocycles. The standard InChI is InChI=1S/C9H5BrO5S/c1-13-8(11)14-5-3-7-6(2-4(5)10)15-9(12)16-7/h2-3H,1H3. The first-order valence-corrected chi connectivity index (χ1v) is 5.70. The van der Waals surface area contributed by atoms with Gasteiger partial charge >= 0.3 is 11.1 Å². The maximum Gasteiger partial charge on any atom is 0.513 e. The van der Waals surface area contributed by atoms with Gasteiger partial charge in [0.2, 0.25) is 0 Å². The summed E-state index contributed by atoms with van der Waals surface area (Å²) >= 11 is 4.13. The molecule has 0 aliphatic rings. The Kier molecular flexibility index (Phi) is 2.97. The molecule has 0 aliphatic heterocycles. The van der Waals surface area contributed by atoms with Crippen molar-refractivity contribution in [1.82, 2.24) is 0 Å². The Morgan fingerprint density at radius 1 is 1.50 bits per heavy atom. The second-order valence-electron chi connectivity index (χ2n) is 2.74. The van der Waals surface area contributed by atoms with E-state index >= 15 is 0 Å². The molecule has 84 valence electrons. The molecule has 0 unspecified atom stereocenters. The van der Waals surface area contributed by atoms with Crippen LogP contribution in [0.5, 0.6) is 5.75 Å². The number of carbonyl (C=O) groups is 1. The fourth-order valence-corrected chi connectivity index (χ4v) is 2.17. The second-order valence-corrected chi connectivity index (χ2v) is 4.57. The zero-order chi connectivity index (χ0) is 11.7. The maximum absolute atomic E-state index is 11.0. The number of hydrogen-bond donors (Lipinski definition) is 0. The summed E-state index contributed by atoms with van der Waals surface area (Å²) in [4.78, 5) is 21.5. The molecule has 7 heteroatoms. The lowest BCUT2D eigenvalue weighted by atomic mass is 10.3. The highest BCUT2D eigenvalue weighted by Crippen LogP contribution is 2.31. The monoisotopic (exact) mass is 304 g/mol. The zero-order valence-corrected chi connectivity index (χ0v) is 10.4. The van der Waals surface area contributed by atoms with E-state index in [9.17, 15) is 9.59 Å². The quantitative estimate of drug-likeness (QED) is 0.598. The Hall–Kier alpha value is -1.34. The number of halogens is 1. The summed E-state index contributed by atoms with van der Waals surface area (Å²) in [5, 5.41) is 0. The number of rotatable bonds is 1. The van der Waals surface area contributed by atoms with Gasteiger partial charge in [-0.15, -0.1) is 0 Å². The van der Waals surface area contributed by atoms with E-state index in [2.05, 4.69) is 20.7 Å². The molecule has 2 rings (SSSR count). The van der Waals surface area contributed by atoms with Gasteiger partial charge in [0.1, 0.15) is 5.75 Å². The molecule has 0 N–H and O–H groups in total. The van der Waals surface area contributed by atoms with E-state index in [4.69, 9.17) is 9.15 Å². The Bertz CT molecular complexity index is 599. The van der Waals surface area contributed by atoms with E-state index in [0.717, 1.165) is 11.3 Å². The van der Waals surface area contributed by atoms with Crippen LogP contribution in [0.25, 0.3) is 10.3 Å². The highest BCUT2D eigenvalue weighted by atomic mass is 79.9. The zero-order valence-electron chi connectivity index (χ0n) is 7.98. The summed E-state index contributed by atoms with van der Waals surface area (Å²) < 4.78 is 15.2. The topological polar surface area (TPSA) is 65.7 Å². The van der Waals surface area contributed by atoms with Gasteiger partial charge in [-0.1, -0.05) is 11.3 Å². The Morgan fingerprint density at radius 2 is 2.25 bits per heavy atom. The smallest absolute Gasteiger partial charge is 0.437 e. The number of methoxy groups -OCH3 is 1. The van der Waals surface area contributed by atoms with E-state index in [0.29, 0.717) is 14.8 Å². The summed E-state index contributed by atoms with van der Waals surface area (Å²) in [6, 6.07) is 3.09. The van der Waals surface area contributed by atoms with Gasteiger partial charge in [0.15, 0.2) is 5.58 Å². The van der Waals surface area contributed by atoms with Gasteiger partial charge in [-0.2, -0.15) is 0 Å². The third-order valence-corrected chi connectivity index (χ3v) is 3.15. The van der Waals surface area contributed by atoms with Gasteiger partial charge in [-0.05, 0) is 15.9 Å². The SMILES string of the molecule is COC(=O)Oc1cc2sc(=O)oc2cc1Br. The van der Waals surface area contributed by atoms with Crippen LogP contribution < -0.4 is 9.68 Å². The van der Waals surface area contributed by atoms with Crippen molar-refractivity contribution in [3.05, 3.63) is 26.3 Å². The molecule has 0 atom stereocenters. The molecule has 2 aromatic rings. The minimum absolute atomic E-state index is 0.274. The van der Waals surface area contributed by atoms with Crippen molar-refractivity contribution < 1.29 is 18.7 Å². The fourth-order valence-electron chi connectivity index (χ4n) is 1.09. The van der Waals surface area contributed by atoms with Crippen molar-refractivity contribution in [1.29, 1.82) is 0 Å². The van der Waals surface area contributed by atoms with Crippen molar-refractivity contribution in [2.75, 3.05) is 7.11 Å². The summed E-state index contributed by atoms with van der Waals surface area (Å²) in [6.07, 6.45) is -0.823. The predicted molar refractivity (Wildman–Crippen MR) is 61.1 cm³/mol. The van der Waals surface area contributed by atoms with Gasteiger partial charge in [0, 0.05) is 12.1 Å². The molecule has 0 radical (unpaired) electrons. The number of fused-ring (bicyclic) bond motifs is 1. The molecule has 0 fully saturated rings. The maximum atomic E-state index is 11.0. The van der Waals surface area contributed by atoms with Crippen LogP contribution in [0.15, 0.2) is 25.8 Å². The van der Waals surface area contributed by atoms with Crippen molar-refractivity contribution in [3.8, 4) is 5.75 Å². The van der Waals surface area contributed by atoms with Crippen LogP contribution in [-0.4, -0.2) is 13.3 Å². The van der Waals surface area contributed by atoms with Crippen LogP contribution in [0.2, 0.25) is 0 Å². The first-order chi connectivity index (χ1) is 7.60. The average Bonchev–Trinajstić information content (AvgIpc) is 2.58. The van der Waals surface area contributed by atoms with Gasteiger partial charge in [-0.3, -0.25) is 0 Å². The number of hydrogen-bond acceptors (Lipinski definition) is 6. The second kappa shape index (κ2) is 4.26. The molecule has 5 nitrogen and oxygen atoms in total. The molecule has 0 spiro atoms. The number of ether oxygens (including phenoxy) is 2. The van der Waals surface area contributed by atoms with Crippen LogP contribution in [0.1, 0.15) is 0 Å². The van der Waals surface area contributed by atoms with Crippen LogP contribution in [-0.2, 0) is 4.74 Å². The molecule has 0 bridgehead atoms. The third kappa shape index (κ3) is 2.10. The molecule has 1 aromatic carbocycles. The Labute approximate surface area is 102 Å². The lowest BCUT2D eigenvalue weighted by Crippen LogP contribution is -2.07. The molecular weight excluding hydrogens is 300 g/mol. The lowest BCUT2D eigenvalue weighted by Gasteiger charge is -2.03. The van der Waals surface area contributed by atoms with Crippen LogP contribution in [0, 0.1) is 0 Å². The minimum Gasteiger partial charge on any atom is -0.437 e. The molecule has 1 heterocycles. The van der Waals surface area contributed by atoms with Crippen LogP contribution in [0.3, 0.4) is 0 Å². The third-order valence-electron chi connectivity index (χ3n) is 1.74. The molecule has 1 aromatic heterocycles. The van der Waals surface area contributed by atoms with E-state index < -0.39 is 11.1 Å². The van der Waals surface area contributed by atoms with Gasteiger partial charge in [0.05, 0.1) is 16.3 Å². The number of carbonyl (C=O) groups excluding carboxylic acids is 1. The van der Waals surface area contributed by atoms with E-state index in [1.165, 1.54) is 13.2 Å². The summed E-state index contributed by atoms with van der Waals surface area (Å²) in [5.74, 6) is 0.274. The average molecular weight is 305 g/mol. The van der Waals surface area contributed by atoms with Crippen LogP contribution >= 0.6 is 27.3 Å². The minimum atomic E-state index is -0.823. The van der Waals surface area contributed by atoms with E-state index in [1.807, 2.05) is 0 Å². The number of benzene rings is 1. The summed E-state index contributed by atoms with van der Waals surface area (Å²) in [6.45, 7) is 0. The van der Waals surface area contributed by atoms with Gasteiger partial charge < -0.3 is 13.9 Å². The highest BCUT2D eigenvalue weighted by molar-refractivity contribution is 9.10. The lowest BCUT2D eigenvalue weighted by molar-refractivity contribution is 0.121. The normalized spacial score (nSPS) is 10.4. The Balaban J connectivity index is 2.49. The first kappa shape index (κ1) is 11.2. The van der Waals surface area contributed by atoms with Crippen molar-refractivity contribution >= 4 is 43.7 Å². The summed E-state index contributed by atoms with van der Waals surface area (Å²) in [5.41, 5.74) is 0.444. The Morgan fingerprint density at radius 3 is 2.94 bits per heavy atom. The van der Waals surface area contributed by atoms with Gasteiger partial charge in [0.25, 0.3) is 0 Å². The van der Waals surface area contributed by atoms with E-state index in [1.54, 1.807) is 6.07 Å². The van der Waals surface area contributed by atoms with Crippen molar-refractivity contribution in [2.45, 2.75) is 0 Å². The van der Waals surface area contributed by atoms with Crippen LogP contribution in [0.4, 0.5) is 4.79 Å². The molecular formula is C9H5BrO5S. The first-order valence-electron chi connectivity index (χ1n) is 4.09. The largest absolute Gasteiger partial charge is 0.513 e. The van der Waals surface area contributed by atoms with Crippen molar-refractivity contribution in [3.63, 3.8) is 0 Å². The summed E-state index contributed by atoms with van der Waals surface area (Å²) in [7, 11) is 1.21. The molecule has 0 amide bonds. The van der Waals surface area contributed by atoms with Crippen molar-refractivity contribution in [2.24, 2.45) is 0 Å². The highest BCUT2D eigenvalue weighted by Gasteiger charge is 2.12. The molecule has 0 saturated heterocycles. The molecule has 16 heavy (non-hydrogen) atoms.